The third kappa shape index (κ3) is 6.07. The van der Waals surface area contributed by atoms with E-state index in [0.29, 0.717) is 63.5 Å². The fraction of sp³-hybridized carbons (Fsp3) is 0.536. The predicted molar refractivity (Wildman–Crippen MR) is 126 cm³/mol. The number of aliphatic hydroxyl groups excluding tert-OH is 1. The average molecular weight is 491 g/mol. The van der Waals surface area contributed by atoms with Crippen molar-refractivity contribution in [2.75, 3.05) is 6.61 Å². The Labute approximate surface area is 204 Å². The van der Waals surface area contributed by atoms with Gasteiger partial charge in [-0.3, -0.25) is 0 Å². The van der Waals surface area contributed by atoms with Crippen molar-refractivity contribution in [3.63, 3.8) is 0 Å². The Bertz CT molecular complexity index is 1030. The summed E-state index contributed by atoms with van der Waals surface area (Å²) in [5, 5.41) is 9.65. The standard InChI is InChI=1S/C28H33F3O4/c1-2-34-16-20-4-3-19(15-25(20)29)17-7-11-22(12-8-17)35-28(33)24-14-13-23(26(30)27(24)31)18-5-9-21(32)10-6-18/h3-4,13-15,17-18,21-22,32H,2,5-12,16H2,1H3. The van der Waals surface area contributed by atoms with Crippen LogP contribution in [0.1, 0.15) is 97.2 Å². The Kier molecular flexibility index (Phi) is 8.50. The number of carbonyl (C=O) groups is 1. The van der Waals surface area contributed by atoms with Crippen LogP contribution in [0.4, 0.5) is 13.2 Å². The topological polar surface area (TPSA) is 55.8 Å². The van der Waals surface area contributed by atoms with Gasteiger partial charge in [0.15, 0.2) is 11.6 Å². The number of benzene rings is 2. The first-order valence-corrected chi connectivity index (χ1v) is 12.6. The molecule has 0 heterocycles. The van der Waals surface area contributed by atoms with Gasteiger partial charge in [-0.25, -0.2) is 18.0 Å². The van der Waals surface area contributed by atoms with E-state index in [1.54, 1.807) is 12.1 Å². The fourth-order valence-corrected chi connectivity index (χ4v) is 5.30. The monoisotopic (exact) mass is 490 g/mol. The maximum absolute atomic E-state index is 14.8. The number of carbonyl (C=O) groups excluding carboxylic acids is 1. The predicted octanol–water partition coefficient (Wildman–Crippen LogP) is 6.54. The summed E-state index contributed by atoms with van der Waals surface area (Å²) >= 11 is 0. The highest BCUT2D eigenvalue weighted by Gasteiger charge is 2.30. The summed E-state index contributed by atoms with van der Waals surface area (Å²) < 4.78 is 54.7. The maximum atomic E-state index is 14.8. The molecule has 2 saturated carbocycles. The molecule has 0 atom stereocenters. The van der Waals surface area contributed by atoms with Crippen molar-refractivity contribution in [2.24, 2.45) is 0 Å². The number of halogens is 3. The first-order valence-electron chi connectivity index (χ1n) is 12.6. The van der Waals surface area contributed by atoms with E-state index in [0.717, 1.165) is 5.56 Å². The van der Waals surface area contributed by atoms with Gasteiger partial charge in [0.1, 0.15) is 11.9 Å². The van der Waals surface area contributed by atoms with E-state index in [1.807, 2.05) is 13.0 Å². The summed E-state index contributed by atoms with van der Waals surface area (Å²) in [6, 6.07) is 8.00. The highest BCUT2D eigenvalue weighted by atomic mass is 19.2. The van der Waals surface area contributed by atoms with E-state index in [4.69, 9.17) is 9.47 Å². The first kappa shape index (κ1) is 25.7. The van der Waals surface area contributed by atoms with Crippen LogP contribution >= 0.6 is 0 Å². The molecule has 0 aromatic heterocycles. The molecular weight excluding hydrogens is 457 g/mol. The third-order valence-electron chi connectivity index (χ3n) is 7.43. The van der Waals surface area contributed by atoms with E-state index < -0.39 is 23.2 Å². The number of rotatable bonds is 7. The molecule has 1 N–H and O–H groups in total. The largest absolute Gasteiger partial charge is 0.459 e. The summed E-state index contributed by atoms with van der Waals surface area (Å²) in [5.74, 6) is -3.32. The molecule has 4 nitrogen and oxygen atoms in total. The SMILES string of the molecule is CCOCc1ccc(C2CCC(OC(=O)c3ccc(C4CCC(O)CC4)c(F)c3F)CC2)cc1F. The zero-order chi connectivity index (χ0) is 24.9. The Hall–Kier alpha value is -2.38. The van der Waals surface area contributed by atoms with Gasteiger partial charge in [-0.15, -0.1) is 0 Å². The minimum absolute atomic E-state index is 0.156. The van der Waals surface area contributed by atoms with Gasteiger partial charge in [-0.2, -0.15) is 0 Å². The van der Waals surface area contributed by atoms with E-state index >= 15 is 0 Å². The molecule has 0 spiro atoms. The van der Waals surface area contributed by atoms with Crippen LogP contribution in [0.2, 0.25) is 0 Å². The molecule has 0 bridgehead atoms. The molecule has 2 aromatic carbocycles. The van der Waals surface area contributed by atoms with Crippen molar-refractivity contribution >= 4 is 5.97 Å². The normalized spacial score (nSPS) is 24.8. The molecule has 2 fully saturated rings. The van der Waals surface area contributed by atoms with Crippen molar-refractivity contribution in [1.82, 2.24) is 0 Å². The maximum Gasteiger partial charge on any atom is 0.341 e. The molecule has 2 aliphatic rings. The molecule has 7 heteroatoms. The molecular formula is C28H33F3O4. The van der Waals surface area contributed by atoms with Crippen LogP contribution in [0.25, 0.3) is 0 Å². The molecule has 0 unspecified atom stereocenters. The average Bonchev–Trinajstić information content (AvgIpc) is 2.86. The van der Waals surface area contributed by atoms with Crippen molar-refractivity contribution < 1.29 is 32.5 Å². The fourth-order valence-electron chi connectivity index (χ4n) is 5.30. The molecule has 2 aromatic rings. The van der Waals surface area contributed by atoms with E-state index in [2.05, 4.69) is 0 Å². The Morgan fingerprint density at radius 2 is 1.60 bits per heavy atom. The number of aliphatic hydroxyl groups is 1. The van der Waals surface area contributed by atoms with Crippen molar-refractivity contribution in [3.05, 3.63) is 70.0 Å². The van der Waals surface area contributed by atoms with E-state index in [9.17, 15) is 23.1 Å². The number of hydrogen-bond acceptors (Lipinski definition) is 4. The minimum Gasteiger partial charge on any atom is -0.459 e. The second kappa shape index (κ2) is 11.6. The molecule has 0 saturated heterocycles. The van der Waals surface area contributed by atoms with Crippen LogP contribution in [0, 0.1) is 17.5 Å². The lowest BCUT2D eigenvalue weighted by Crippen LogP contribution is -2.25. The second-order valence-corrected chi connectivity index (χ2v) is 9.70. The summed E-state index contributed by atoms with van der Waals surface area (Å²) in [6.07, 6.45) is 4.09. The van der Waals surface area contributed by atoms with Gasteiger partial charge in [-0.05, 0) is 93.4 Å². The summed E-state index contributed by atoms with van der Waals surface area (Å²) in [5.41, 5.74) is 1.30. The smallest absolute Gasteiger partial charge is 0.341 e. The third-order valence-corrected chi connectivity index (χ3v) is 7.43. The van der Waals surface area contributed by atoms with Crippen molar-refractivity contribution in [2.45, 2.75) is 88.9 Å². The molecule has 0 radical (unpaired) electrons. The lowest BCUT2D eigenvalue weighted by Gasteiger charge is -2.29. The summed E-state index contributed by atoms with van der Waals surface area (Å²) in [6.45, 7) is 2.63. The molecule has 4 rings (SSSR count). The quantitative estimate of drug-likeness (QED) is 0.448. The van der Waals surface area contributed by atoms with Gasteiger partial charge in [0.25, 0.3) is 0 Å². The zero-order valence-corrected chi connectivity index (χ0v) is 20.1. The zero-order valence-electron chi connectivity index (χ0n) is 20.1. The number of hydrogen-bond donors (Lipinski definition) is 1. The Balaban J connectivity index is 1.33. The van der Waals surface area contributed by atoms with Gasteiger partial charge < -0.3 is 14.6 Å². The van der Waals surface area contributed by atoms with Crippen LogP contribution < -0.4 is 0 Å². The van der Waals surface area contributed by atoms with Crippen molar-refractivity contribution in [1.29, 1.82) is 0 Å². The lowest BCUT2D eigenvalue weighted by atomic mass is 9.82. The highest BCUT2D eigenvalue weighted by molar-refractivity contribution is 5.90. The van der Waals surface area contributed by atoms with Gasteiger partial charge in [0.05, 0.1) is 18.3 Å². The van der Waals surface area contributed by atoms with Crippen LogP contribution in [-0.4, -0.2) is 29.9 Å². The number of esters is 1. The summed E-state index contributed by atoms with van der Waals surface area (Å²) in [7, 11) is 0. The van der Waals surface area contributed by atoms with Gasteiger partial charge in [0, 0.05) is 12.2 Å². The number of ether oxygens (including phenoxy) is 2. The Morgan fingerprint density at radius 1 is 0.914 bits per heavy atom. The van der Waals surface area contributed by atoms with E-state index in [1.165, 1.54) is 12.1 Å². The van der Waals surface area contributed by atoms with Gasteiger partial charge >= 0.3 is 5.97 Å². The molecule has 35 heavy (non-hydrogen) atoms. The van der Waals surface area contributed by atoms with Crippen LogP contribution in [0.15, 0.2) is 30.3 Å². The van der Waals surface area contributed by atoms with Crippen molar-refractivity contribution in [3.8, 4) is 0 Å². The van der Waals surface area contributed by atoms with Crippen LogP contribution in [0.5, 0.6) is 0 Å². The van der Waals surface area contributed by atoms with Gasteiger partial charge in [0.2, 0.25) is 0 Å². The van der Waals surface area contributed by atoms with Crippen LogP contribution in [0.3, 0.4) is 0 Å². The van der Waals surface area contributed by atoms with Gasteiger partial charge in [-0.1, -0.05) is 18.2 Å². The van der Waals surface area contributed by atoms with E-state index in [-0.39, 0.29) is 42.0 Å². The van der Waals surface area contributed by atoms with Crippen LogP contribution in [-0.2, 0) is 16.1 Å². The molecule has 0 amide bonds. The molecule has 0 aliphatic heterocycles. The molecule has 190 valence electrons. The Morgan fingerprint density at radius 3 is 2.26 bits per heavy atom. The lowest BCUT2D eigenvalue weighted by molar-refractivity contribution is 0.0189. The second-order valence-electron chi connectivity index (χ2n) is 9.70. The summed E-state index contributed by atoms with van der Waals surface area (Å²) in [4.78, 5) is 12.6. The minimum atomic E-state index is -1.17. The first-order chi connectivity index (χ1) is 16.9. The highest BCUT2D eigenvalue weighted by Crippen LogP contribution is 2.37. The molecule has 2 aliphatic carbocycles.